The van der Waals surface area contributed by atoms with Crippen molar-refractivity contribution in [3.8, 4) is 17.2 Å². The zero-order valence-electron chi connectivity index (χ0n) is 23.8. The molecule has 224 valence electrons. The first-order valence-electron chi connectivity index (χ1n) is 13.5. The highest BCUT2D eigenvalue weighted by atomic mass is 35.5. The summed E-state index contributed by atoms with van der Waals surface area (Å²) in [6.45, 7) is 3.94. The Balaban J connectivity index is 1.08. The number of nitrogens with one attached hydrogen (secondary N) is 2. The number of nitrogens with zero attached hydrogens (tertiary/aromatic N) is 2. The molecule has 0 bridgehead atoms. The summed E-state index contributed by atoms with van der Waals surface area (Å²) in [5, 5.41) is 6.72. The lowest BCUT2D eigenvalue weighted by Crippen LogP contribution is -2.20. The molecule has 0 aliphatic heterocycles. The number of carbonyl (C=O) groups excluding carboxylic acids is 2. The summed E-state index contributed by atoms with van der Waals surface area (Å²) in [5.41, 5.74) is 6.64. The van der Waals surface area contributed by atoms with E-state index in [0.717, 1.165) is 17.1 Å². The van der Waals surface area contributed by atoms with E-state index >= 15 is 0 Å². The molecule has 2 heterocycles. The lowest BCUT2D eigenvalue weighted by molar-refractivity contribution is -0.118. The third-order valence-corrected chi connectivity index (χ3v) is 6.73. The van der Waals surface area contributed by atoms with Gasteiger partial charge in [0, 0.05) is 22.8 Å². The normalized spacial score (nSPS) is 11.0. The Bertz CT molecular complexity index is 1790. The summed E-state index contributed by atoms with van der Waals surface area (Å²) in [6.07, 6.45) is 1.40. The predicted octanol–water partition coefficient (Wildman–Crippen LogP) is 6.84. The molecule has 5 rings (SSSR count). The van der Waals surface area contributed by atoms with E-state index in [2.05, 4.69) is 46.4 Å². The molecular formula is C33H28ClFN4O5. The van der Waals surface area contributed by atoms with Crippen LogP contribution in [-0.2, 0) is 11.4 Å². The fourth-order valence-corrected chi connectivity index (χ4v) is 4.58. The highest BCUT2D eigenvalue weighted by Crippen LogP contribution is 2.25. The largest absolute Gasteiger partial charge is 0.486 e. The fraction of sp³-hybridized carbons (Fsp3) is 0.121. The van der Waals surface area contributed by atoms with E-state index in [1.165, 1.54) is 30.5 Å². The first kappa shape index (κ1) is 30.1. The lowest BCUT2D eigenvalue weighted by atomic mass is 10.2. The maximum Gasteiger partial charge on any atom is 0.307 e. The summed E-state index contributed by atoms with van der Waals surface area (Å²) < 4.78 is 32.3. The molecule has 2 amide bonds. The number of benzene rings is 3. The van der Waals surface area contributed by atoms with Gasteiger partial charge in [0.1, 0.15) is 29.7 Å². The van der Waals surface area contributed by atoms with E-state index < -0.39 is 17.6 Å². The van der Waals surface area contributed by atoms with Gasteiger partial charge in [-0.15, -0.1) is 0 Å². The maximum atomic E-state index is 13.3. The quantitative estimate of drug-likeness (QED) is 0.125. The zero-order valence-corrected chi connectivity index (χ0v) is 24.6. The van der Waals surface area contributed by atoms with Crippen LogP contribution in [0.4, 0.5) is 10.1 Å². The SMILES string of the molecule is Cc1ccc(C)n1-c1ccc(OCc2ccc(C(=O)N/N=C/c3ccc(OCC(=O)Nc4cccc(F)c4)c(Cl)c3)o2)cc1. The van der Waals surface area contributed by atoms with Gasteiger partial charge >= 0.3 is 5.91 Å². The van der Waals surface area contributed by atoms with Crippen LogP contribution < -0.4 is 20.2 Å². The van der Waals surface area contributed by atoms with Crippen molar-refractivity contribution >= 4 is 35.3 Å². The highest BCUT2D eigenvalue weighted by Gasteiger charge is 2.12. The Morgan fingerprint density at radius 1 is 0.955 bits per heavy atom. The number of hydrogen-bond donors (Lipinski definition) is 2. The summed E-state index contributed by atoms with van der Waals surface area (Å²) in [5.74, 6) is 0.0284. The van der Waals surface area contributed by atoms with Gasteiger partial charge in [-0.3, -0.25) is 9.59 Å². The standard InChI is InChI=1S/C33H28ClFN4O5/c1-21-6-7-22(2)39(21)26-9-11-27(12-10-26)42-19-28-13-15-31(44-28)33(41)38-36-18-23-8-14-30(29(34)16-23)43-20-32(40)37-25-5-3-4-24(35)17-25/h3-18H,19-20H2,1-2H3,(H,37,40)(H,38,41)/b36-18+. The Hall–Kier alpha value is -5.35. The first-order chi connectivity index (χ1) is 21.2. The van der Waals surface area contributed by atoms with Crippen LogP contribution in [0, 0.1) is 19.7 Å². The van der Waals surface area contributed by atoms with Gasteiger partial charge < -0.3 is 23.8 Å². The van der Waals surface area contributed by atoms with Crippen LogP contribution >= 0.6 is 11.6 Å². The van der Waals surface area contributed by atoms with Crippen LogP contribution in [0.3, 0.4) is 0 Å². The molecule has 0 fully saturated rings. The number of hydrazone groups is 1. The maximum absolute atomic E-state index is 13.3. The van der Waals surface area contributed by atoms with E-state index in [1.807, 2.05) is 24.3 Å². The third-order valence-electron chi connectivity index (χ3n) is 6.44. The van der Waals surface area contributed by atoms with Crippen LogP contribution in [0.1, 0.15) is 33.3 Å². The highest BCUT2D eigenvalue weighted by molar-refractivity contribution is 6.32. The number of furan rings is 1. The number of rotatable bonds is 11. The van der Waals surface area contributed by atoms with Crippen LogP contribution in [0.15, 0.2) is 101 Å². The van der Waals surface area contributed by atoms with E-state index in [1.54, 1.807) is 30.3 Å². The number of ether oxygens (including phenoxy) is 2. The molecule has 0 spiro atoms. The minimum Gasteiger partial charge on any atom is -0.486 e. The molecule has 2 aromatic heterocycles. The van der Waals surface area contributed by atoms with Crippen molar-refractivity contribution in [2.45, 2.75) is 20.5 Å². The zero-order chi connectivity index (χ0) is 31.1. The second-order valence-electron chi connectivity index (χ2n) is 9.74. The lowest BCUT2D eigenvalue weighted by Gasteiger charge is -2.10. The molecule has 9 nitrogen and oxygen atoms in total. The minimum atomic E-state index is -0.537. The number of aromatic nitrogens is 1. The van der Waals surface area contributed by atoms with Gasteiger partial charge in [0.25, 0.3) is 5.91 Å². The second-order valence-corrected chi connectivity index (χ2v) is 10.1. The van der Waals surface area contributed by atoms with Gasteiger partial charge in [-0.25, -0.2) is 9.82 Å². The summed E-state index contributed by atoms with van der Waals surface area (Å²) in [7, 11) is 0. The van der Waals surface area contributed by atoms with Crippen molar-refractivity contribution < 1.29 is 27.9 Å². The van der Waals surface area contributed by atoms with Crippen molar-refractivity contribution in [1.82, 2.24) is 9.99 Å². The van der Waals surface area contributed by atoms with E-state index in [0.29, 0.717) is 22.8 Å². The first-order valence-corrected chi connectivity index (χ1v) is 13.9. The Labute approximate surface area is 257 Å². The molecule has 2 N–H and O–H groups in total. The van der Waals surface area contributed by atoms with Crippen molar-refractivity contribution in [3.05, 3.63) is 130 Å². The molecular weight excluding hydrogens is 587 g/mol. The topological polar surface area (TPSA) is 107 Å². The van der Waals surface area contributed by atoms with Gasteiger partial charge in [-0.1, -0.05) is 17.7 Å². The van der Waals surface area contributed by atoms with Gasteiger partial charge in [0.05, 0.1) is 11.2 Å². The fourth-order valence-electron chi connectivity index (χ4n) is 4.34. The monoisotopic (exact) mass is 614 g/mol. The minimum absolute atomic E-state index is 0.0768. The molecule has 44 heavy (non-hydrogen) atoms. The van der Waals surface area contributed by atoms with Crippen molar-refractivity contribution in [3.63, 3.8) is 0 Å². The third kappa shape index (κ3) is 7.73. The van der Waals surface area contributed by atoms with Crippen LogP contribution in [0.25, 0.3) is 5.69 Å². The number of halogens is 2. The molecule has 11 heteroatoms. The van der Waals surface area contributed by atoms with Crippen molar-refractivity contribution in [1.29, 1.82) is 0 Å². The summed E-state index contributed by atoms with van der Waals surface area (Å²) >= 11 is 6.27. The smallest absolute Gasteiger partial charge is 0.307 e. The molecule has 0 unspecified atom stereocenters. The molecule has 0 aliphatic carbocycles. The molecule has 0 radical (unpaired) electrons. The van der Waals surface area contributed by atoms with Crippen LogP contribution in [0.2, 0.25) is 5.02 Å². The van der Waals surface area contributed by atoms with Gasteiger partial charge in [-0.2, -0.15) is 5.10 Å². The van der Waals surface area contributed by atoms with E-state index in [4.69, 9.17) is 25.5 Å². The molecule has 0 saturated carbocycles. The molecule has 0 saturated heterocycles. The van der Waals surface area contributed by atoms with E-state index in [9.17, 15) is 14.0 Å². The molecule has 0 aliphatic rings. The second kappa shape index (κ2) is 13.7. The molecule has 3 aromatic carbocycles. The number of amides is 2. The van der Waals surface area contributed by atoms with Gasteiger partial charge in [-0.05, 0) is 104 Å². The Morgan fingerprint density at radius 2 is 1.73 bits per heavy atom. The summed E-state index contributed by atoms with van der Waals surface area (Å²) in [4.78, 5) is 24.6. The number of carbonyl (C=O) groups is 2. The van der Waals surface area contributed by atoms with Gasteiger partial charge in [0.2, 0.25) is 0 Å². The van der Waals surface area contributed by atoms with Crippen molar-refractivity contribution in [2.75, 3.05) is 11.9 Å². The number of aryl methyl sites for hydroxylation is 2. The molecule has 0 atom stereocenters. The average molecular weight is 615 g/mol. The van der Waals surface area contributed by atoms with E-state index in [-0.39, 0.29) is 29.7 Å². The summed E-state index contributed by atoms with van der Waals surface area (Å²) in [6, 6.07) is 25.4. The van der Waals surface area contributed by atoms with Crippen molar-refractivity contribution in [2.24, 2.45) is 5.10 Å². The average Bonchev–Trinajstić information content (AvgIpc) is 3.62. The van der Waals surface area contributed by atoms with Crippen LogP contribution in [0.5, 0.6) is 11.5 Å². The van der Waals surface area contributed by atoms with Crippen LogP contribution in [-0.4, -0.2) is 29.2 Å². The number of hydrogen-bond acceptors (Lipinski definition) is 6. The number of anilines is 1. The Kier molecular flexibility index (Phi) is 9.41. The van der Waals surface area contributed by atoms with Gasteiger partial charge in [0.15, 0.2) is 12.4 Å². The molecule has 5 aromatic rings. The Morgan fingerprint density at radius 3 is 2.45 bits per heavy atom. The predicted molar refractivity (Wildman–Crippen MR) is 165 cm³/mol.